The molecular formula is C14H19N3S2. The van der Waals surface area contributed by atoms with E-state index in [-0.39, 0.29) is 0 Å². The number of hydrogen-bond acceptors (Lipinski definition) is 5. The number of benzene rings is 1. The van der Waals surface area contributed by atoms with Crippen molar-refractivity contribution in [3.05, 3.63) is 29.3 Å². The monoisotopic (exact) mass is 293 g/mol. The summed E-state index contributed by atoms with van der Waals surface area (Å²) in [7, 11) is 0. The summed E-state index contributed by atoms with van der Waals surface area (Å²) in [6, 6.07) is 8.36. The average molecular weight is 293 g/mol. The summed E-state index contributed by atoms with van der Waals surface area (Å²) in [5.74, 6) is 0. The first-order valence-corrected chi connectivity index (χ1v) is 8.55. The minimum atomic E-state index is 0.957. The highest BCUT2D eigenvalue weighted by Gasteiger charge is 2.09. The van der Waals surface area contributed by atoms with Crippen LogP contribution >= 0.6 is 23.1 Å². The van der Waals surface area contributed by atoms with Crippen molar-refractivity contribution in [2.75, 3.05) is 19.3 Å². The Bertz CT molecular complexity index is 511. The van der Waals surface area contributed by atoms with Gasteiger partial charge in [-0.1, -0.05) is 36.5 Å². The average Bonchev–Trinajstić information content (AvgIpc) is 2.92. The molecule has 0 fully saturated rings. The van der Waals surface area contributed by atoms with Gasteiger partial charge in [-0.2, -0.15) is 0 Å². The lowest BCUT2D eigenvalue weighted by molar-refractivity contribution is 0.668. The second-order valence-corrected chi connectivity index (χ2v) is 6.11. The van der Waals surface area contributed by atoms with Crippen LogP contribution < -0.4 is 5.32 Å². The third kappa shape index (κ3) is 4.03. The normalized spacial score (nSPS) is 10.8. The van der Waals surface area contributed by atoms with Crippen molar-refractivity contribution in [3.63, 3.8) is 0 Å². The van der Waals surface area contributed by atoms with E-state index in [4.69, 9.17) is 0 Å². The topological polar surface area (TPSA) is 37.8 Å². The van der Waals surface area contributed by atoms with E-state index in [9.17, 15) is 0 Å². The van der Waals surface area contributed by atoms with Gasteiger partial charge in [-0.05, 0) is 25.3 Å². The number of aromatic nitrogens is 2. The van der Waals surface area contributed by atoms with Crippen LogP contribution in [0.2, 0.25) is 0 Å². The fourth-order valence-corrected chi connectivity index (χ4v) is 3.32. The summed E-state index contributed by atoms with van der Waals surface area (Å²) in [6.07, 6.45) is 4.22. The second kappa shape index (κ2) is 7.62. The Kier molecular flexibility index (Phi) is 5.82. The summed E-state index contributed by atoms with van der Waals surface area (Å²) in [4.78, 5) is 1.26. The van der Waals surface area contributed by atoms with Gasteiger partial charge in [-0.3, -0.25) is 0 Å². The Morgan fingerprint density at radius 2 is 2.05 bits per heavy atom. The van der Waals surface area contributed by atoms with Gasteiger partial charge in [0.15, 0.2) is 0 Å². The lowest BCUT2D eigenvalue weighted by Gasteiger charge is -2.02. The van der Waals surface area contributed by atoms with Crippen molar-refractivity contribution in [3.8, 4) is 10.6 Å². The third-order valence-electron chi connectivity index (χ3n) is 2.75. The molecule has 19 heavy (non-hydrogen) atoms. The minimum absolute atomic E-state index is 0.957. The molecule has 0 saturated heterocycles. The van der Waals surface area contributed by atoms with Gasteiger partial charge in [0, 0.05) is 23.4 Å². The lowest BCUT2D eigenvalue weighted by atomic mass is 10.2. The van der Waals surface area contributed by atoms with E-state index in [1.54, 1.807) is 23.1 Å². The Morgan fingerprint density at radius 1 is 1.21 bits per heavy atom. The number of thioether (sulfide) groups is 1. The van der Waals surface area contributed by atoms with Gasteiger partial charge in [-0.25, -0.2) is 0 Å². The molecule has 3 nitrogen and oxygen atoms in total. The van der Waals surface area contributed by atoms with Crippen LogP contribution in [0.5, 0.6) is 0 Å². The second-order valence-electron chi connectivity index (χ2n) is 4.20. The van der Waals surface area contributed by atoms with Crippen LogP contribution in [0.4, 0.5) is 0 Å². The van der Waals surface area contributed by atoms with Gasteiger partial charge in [0.25, 0.3) is 0 Å². The molecule has 1 aromatic carbocycles. The first-order valence-electron chi connectivity index (χ1n) is 6.51. The van der Waals surface area contributed by atoms with Crippen molar-refractivity contribution in [2.24, 2.45) is 0 Å². The molecule has 1 N–H and O–H groups in total. The molecule has 1 aromatic heterocycles. The van der Waals surface area contributed by atoms with Crippen molar-refractivity contribution >= 4 is 23.1 Å². The maximum absolute atomic E-state index is 4.32. The quantitative estimate of drug-likeness (QED) is 0.626. The number of nitrogens with zero attached hydrogens (tertiary/aromatic N) is 2. The molecule has 0 aliphatic carbocycles. The largest absolute Gasteiger partial charge is 0.316 e. The molecule has 0 atom stereocenters. The molecule has 0 aliphatic rings. The zero-order valence-corrected chi connectivity index (χ0v) is 13.0. The Hall–Kier alpha value is -0.910. The smallest absolute Gasteiger partial charge is 0.148 e. The van der Waals surface area contributed by atoms with Gasteiger partial charge < -0.3 is 5.32 Å². The van der Waals surface area contributed by atoms with Gasteiger partial charge in [0.2, 0.25) is 0 Å². The molecular weight excluding hydrogens is 274 g/mol. The molecule has 0 saturated carbocycles. The molecule has 102 valence electrons. The first kappa shape index (κ1) is 14.5. The van der Waals surface area contributed by atoms with E-state index < -0.39 is 0 Å². The Morgan fingerprint density at radius 3 is 2.84 bits per heavy atom. The van der Waals surface area contributed by atoms with Crippen molar-refractivity contribution in [1.29, 1.82) is 0 Å². The third-order valence-corrected chi connectivity index (χ3v) is 4.56. The molecule has 2 rings (SSSR count). The Labute approximate surface area is 122 Å². The van der Waals surface area contributed by atoms with E-state index in [0.717, 1.165) is 29.5 Å². The van der Waals surface area contributed by atoms with Crippen LogP contribution in [-0.2, 0) is 6.42 Å². The van der Waals surface area contributed by atoms with Gasteiger partial charge in [0.1, 0.15) is 10.0 Å². The molecule has 0 aliphatic heterocycles. The zero-order valence-electron chi connectivity index (χ0n) is 11.3. The van der Waals surface area contributed by atoms with Gasteiger partial charge in [0.05, 0.1) is 0 Å². The van der Waals surface area contributed by atoms with Crippen LogP contribution in [0.1, 0.15) is 18.4 Å². The van der Waals surface area contributed by atoms with E-state index in [1.165, 1.54) is 16.9 Å². The van der Waals surface area contributed by atoms with Crippen LogP contribution in [0.3, 0.4) is 0 Å². The van der Waals surface area contributed by atoms with Crippen LogP contribution in [0, 0.1) is 0 Å². The fraction of sp³-hybridized carbons (Fsp3) is 0.429. The maximum atomic E-state index is 4.32. The van der Waals surface area contributed by atoms with Crippen molar-refractivity contribution in [1.82, 2.24) is 15.5 Å². The summed E-state index contributed by atoms with van der Waals surface area (Å²) < 4.78 is 0. The number of rotatable bonds is 7. The molecule has 0 bridgehead atoms. The molecule has 5 heteroatoms. The first-order chi connectivity index (χ1) is 9.35. The lowest BCUT2D eigenvalue weighted by Crippen LogP contribution is -2.17. The fourth-order valence-electron chi connectivity index (χ4n) is 1.78. The highest BCUT2D eigenvalue weighted by Crippen LogP contribution is 2.31. The summed E-state index contributed by atoms with van der Waals surface area (Å²) >= 11 is 3.45. The van der Waals surface area contributed by atoms with E-state index in [1.807, 2.05) is 0 Å². The SMILES string of the molecule is CCCNCCc1nnc(-c2ccccc2SC)s1. The predicted molar refractivity (Wildman–Crippen MR) is 84.0 cm³/mol. The van der Waals surface area contributed by atoms with E-state index in [0.29, 0.717) is 0 Å². The molecule has 0 unspecified atom stereocenters. The molecule has 0 radical (unpaired) electrons. The summed E-state index contributed by atoms with van der Waals surface area (Å²) in [6.45, 7) is 4.23. The van der Waals surface area contributed by atoms with Gasteiger partial charge in [-0.15, -0.1) is 22.0 Å². The number of hydrogen-bond donors (Lipinski definition) is 1. The molecule has 0 spiro atoms. The van der Waals surface area contributed by atoms with E-state index >= 15 is 0 Å². The predicted octanol–water partition coefficient (Wildman–Crippen LogP) is 3.47. The van der Waals surface area contributed by atoms with Crippen LogP contribution in [0.15, 0.2) is 29.2 Å². The standard InChI is InChI=1S/C14H19N3S2/c1-3-9-15-10-8-13-16-17-14(19-13)11-6-4-5-7-12(11)18-2/h4-7,15H,3,8-10H2,1-2H3. The summed E-state index contributed by atoms with van der Waals surface area (Å²) in [5.41, 5.74) is 1.19. The minimum Gasteiger partial charge on any atom is -0.316 e. The number of nitrogens with one attached hydrogen (secondary N) is 1. The Balaban J connectivity index is 2.04. The highest BCUT2D eigenvalue weighted by molar-refractivity contribution is 7.98. The van der Waals surface area contributed by atoms with Crippen molar-refractivity contribution < 1.29 is 0 Å². The maximum Gasteiger partial charge on any atom is 0.148 e. The highest BCUT2D eigenvalue weighted by atomic mass is 32.2. The molecule has 2 aromatic rings. The van der Waals surface area contributed by atoms with Crippen LogP contribution in [0.25, 0.3) is 10.6 Å². The summed E-state index contributed by atoms with van der Waals surface area (Å²) in [5, 5.41) is 14.1. The molecule has 0 amide bonds. The van der Waals surface area contributed by atoms with Crippen molar-refractivity contribution in [2.45, 2.75) is 24.7 Å². The zero-order chi connectivity index (χ0) is 13.5. The van der Waals surface area contributed by atoms with Crippen LogP contribution in [-0.4, -0.2) is 29.5 Å². The van der Waals surface area contributed by atoms with E-state index in [2.05, 4.69) is 53.0 Å². The molecule has 1 heterocycles. The van der Waals surface area contributed by atoms with Gasteiger partial charge >= 0.3 is 0 Å².